The van der Waals surface area contributed by atoms with Gasteiger partial charge in [0.2, 0.25) is 5.91 Å². The zero-order valence-electron chi connectivity index (χ0n) is 11.8. The molecule has 0 fully saturated rings. The van der Waals surface area contributed by atoms with Gasteiger partial charge in [-0.1, -0.05) is 5.21 Å². The molecule has 0 aliphatic carbocycles. The van der Waals surface area contributed by atoms with Gasteiger partial charge >= 0.3 is 5.97 Å². The first-order chi connectivity index (χ1) is 10.1. The molecule has 0 saturated carbocycles. The van der Waals surface area contributed by atoms with Crippen LogP contribution in [-0.2, 0) is 17.9 Å². The van der Waals surface area contributed by atoms with Crippen LogP contribution in [0.1, 0.15) is 24.3 Å². The summed E-state index contributed by atoms with van der Waals surface area (Å²) >= 11 is 0. The molecular weight excluding hydrogens is 276 g/mol. The van der Waals surface area contributed by atoms with Crippen LogP contribution in [0.15, 0.2) is 12.4 Å². The predicted octanol–water partition coefficient (Wildman–Crippen LogP) is -0.00420. The van der Waals surface area contributed by atoms with Gasteiger partial charge in [0, 0.05) is 24.8 Å². The maximum absolute atomic E-state index is 11.7. The number of nitrogens with zero attached hydrogens (tertiary/aromatic N) is 5. The molecule has 2 aromatic heterocycles. The standard InChI is InChI=1S/C12H16N6O3/c1-3-13-9(19)7-18-11(10(12(20)21)15-16-18)8-5-14-17(4-2)6-8/h5-6H,3-4,7H2,1-2H3,(H,13,19)(H,20,21). The number of nitrogens with one attached hydrogen (secondary N) is 1. The van der Waals surface area contributed by atoms with Crippen molar-refractivity contribution in [1.82, 2.24) is 30.1 Å². The summed E-state index contributed by atoms with van der Waals surface area (Å²) in [5.74, 6) is -1.46. The number of hydrogen-bond donors (Lipinski definition) is 2. The molecule has 1 amide bonds. The number of carbonyl (C=O) groups excluding carboxylic acids is 1. The fourth-order valence-electron chi connectivity index (χ4n) is 1.90. The Labute approximate surface area is 120 Å². The quantitative estimate of drug-likeness (QED) is 0.774. The summed E-state index contributed by atoms with van der Waals surface area (Å²) in [5, 5.41) is 23.3. The molecule has 0 unspecified atom stereocenters. The predicted molar refractivity (Wildman–Crippen MR) is 72.6 cm³/mol. The molecule has 2 N–H and O–H groups in total. The highest BCUT2D eigenvalue weighted by Gasteiger charge is 2.22. The number of likely N-dealkylation sites (N-methyl/N-ethyl adjacent to an activating group) is 1. The third-order valence-electron chi connectivity index (χ3n) is 2.84. The Bertz CT molecular complexity index is 660. The van der Waals surface area contributed by atoms with Gasteiger partial charge in [-0.2, -0.15) is 5.10 Å². The smallest absolute Gasteiger partial charge is 0.358 e. The summed E-state index contributed by atoms with van der Waals surface area (Å²) in [6.07, 6.45) is 3.22. The SMILES string of the molecule is CCNC(=O)Cn1nnc(C(=O)O)c1-c1cnn(CC)c1. The molecule has 0 aliphatic heterocycles. The third kappa shape index (κ3) is 3.07. The highest BCUT2D eigenvalue weighted by Crippen LogP contribution is 2.21. The second-order valence-electron chi connectivity index (χ2n) is 4.29. The lowest BCUT2D eigenvalue weighted by atomic mass is 10.2. The number of carboxylic acids is 1. The number of rotatable bonds is 6. The molecule has 0 saturated heterocycles. The van der Waals surface area contributed by atoms with Crippen LogP contribution in [0, 0.1) is 0 Å². The Morgan fingerprint density at radius 3 is 2.71 bits per heavy atom. The summed E-state index contributed by atoms with van der Waals surface area (Å²) in [6.45, 7) is 4.76. The van der Waals surface area contributed by atoms with Crippen LogP contribution in [0.4, 0.5) is 0 Å². The van der Waals surface area contributed by atoms with Crippen molar-refractivity contribution in [3.8, 4) is 11.3 Å². The lowest BCUT2D eigenvalue weighted by Crippen LogP contribution is -2.28. The minimum absolute atomic E-state index is 0.0965. The molecular formula is C12H16N6O3. The summed E-state index contributed by atoms with van der Waals surface area (Å²) in [6, 6.07) is 0. The van der Waals surface area contributed by atoms with E-state index in [0.29, 0.717) is 18.7 Å². The van der Waals surface area contributed by atoms with Gasteiger partial charge in [-0.15, -0.1) is 5.10 Å². The monoisotopic (exact) mass is 292 g/mol. The molecule has 0 atom stereocenters. The van der Waals surface area contributed by atoms with Gasteiger partial charge in [0.05, 0.1) is 6.20 Å². The van der Waals surface area contributed by atoms with Gasteiger partial charge in [-0.05, 0) is 13.8 Å². The third-order valence-corrected chi connectivity index (χ3v) is 2.84. The van der Waals surface area contributed by atoms with Crippen molar-refractivity contribution in [2.75, 3.05) is 6.54 Å². The Morgan fingerprint density at radius 1 is 1.38 bits per heavy atom. The summed E-state index contributed by atoms with van der Waals surface area (Å²) < 4.78 is 2.93. The Morgan fingerprint density at radius 2 is 2.14 bits per heavy atom. The van der Waals surface area contributed by atoms with Crippen LogP contribution >= 0.6 is 0 Å². The molecule has 0 aliphatic rings. The fourth-order valence-corrected chi connectivity index (χ4v) is 1.90. The number of aromatic nitrogens is 5. The Balaban J connectivity index is 2.42. The first-order valence-corrected chi connectivity index (χ1v) is 6.53. The maximum Gasteiger partial charge on any atom is 0.358 e. The van der Waals surface area contributed by atoms with Gasteiger partial charge in [0.1, 0.15) is 12.2 Å². The molecule has 2 rings (SSSR count). The van der Waals surface area contributed by atoms with E-state index in [0.717, 1.165) is 0 Å². The van der Waals surface area contributed by atoms with Crippen LogP contribution in [-0.4, -0.2) is 48.3 Å². The number of hydrogen-bond acceptors (Lipinski definition) is 5. The van der Waals surface area contributed by atoms with Crippen molar-refractivity contribution in [2.24, 2.45) is 0 Å². The van der Waals surface area contributed by atoms with Gasteiger partial charge < -0.3 is 10.4 Å². The molecule has 21 heavy (non-hydrogen) atoms. The van der Waals surface area contributed by atoms with Crippen LogP contribution in [0.2, 0.25) is 0 Å². The maximum atomic E-state index is 11.7. The molecule has 2 heterocycles. The van der Waals surface area contributed by atoms with E-state index in [1.807, 2.05) is 6.92 Å². The number of amides is 1. The second-order valence-corrected chi connectivity index (χ2v) is 4.29. The molecule has 0 radical (unpaired) electrons. The van der Waals surface area contributed by atoms with Gasteiger partial charge in [-0.25, -0.2) is 9.48 Å². The number of aryl methyl sites for hydroxylation is 1. The minimum atomic E-state index is -1.20. The average molecular weight is 292 g/mol. The zero-order chi connectivity index (χ0) is 15.4. The number of carbonyl (C=O) groups is 2. The summed E-state index contributed by atoms with van der Waals surface area (Å²) in [7, 11) is 0. The molecule has 0 spiro atoms. The molecule has 0 bridgehead atoms. The van der Waals surface area contributed by atoms with E-state index in [1.54, 1.807) is 17.8 Å². The van der Waals surface area contributed by atoms with E-state index in [2.05, 4.69) is 20.7 Å². The van der Waals surface area contributed by atoms with Crippen LogP contribution in [0.25, 0.3) is 11.3 Å². The summed E-state index contributed by atoms with van der Waals surface area (Å²) in [4.78, 5) is 22.9. The van der Waals surface area contributed by atoms with E-state index in [9.17, 15) is 14.7 Å². The van der Waals surface area contributed by atoms with Crippen LogP contribution in [0.3, 0.4) is 0 Å². The van der Waals surface area contributed by atoms with E-state index in [4.69, 9.17) is 0 Å². The van der Waals surface area contributed by atoms with E-state index in [-0.39, 0.29) is 23.8 Å². The lowest BCUT2D eigenvalue weighted by Gasteiger charge is -2.05. The Kier molecular flexibility index (Phi) is 4.31. The van der Waals surface area contributed by atoms with Gasteiger partial charge in [0.25, 0.3) is 0 Å². The summed E-state index contributed by atoms with van der Waals surface area (Å²) in [5.41, 5.74) is 0.631. The number of carboxylic acid groups (broad SMARTS) is 1. The van der Waals surface area contributed by atoms with Crippen molar-refractivity contribution in [3.63, 3.8) is 0 Å². The highest BCUT2D eigenvalue weighted by molar-refractivity contribution is 5.92. The van der Waals surface area contributed by atoms with E-state index < -0.39 is 5.97 Å². The molecule has 2 aromatic rings. The van der Waals surface area contributed by atoms with Crippen LogP contribution < -0.4 is 5.32 Å². The highest BCUT2D eigenvalue weighted by atomic mass is 16.4. The first kappa shape index (κ1) is 14.7. The van der Waals surface area contributed by atoms with E-state index >= 15 is 0 Å². The molecule has 0 aromatic carbocycles. The number of aromatic carboxylic acids is 1. The van der Waals surface area contributed by atoms with Crippen molar-refractivity contribution >= 4 is 11.9 Å². The Hall–Kier alpha value is -2.71. The molecule has 112 valence electrons. The minimum Gasteiger partial charge on any atom is -0.476 e. The van der Waals surface area contributed by atoms with Gasteiger partial charge in [0.15, 0.2) is 5.69 Å². The van der Waals surface area contributed by atoms with Crippen molar-refractivity contribution < 1.29 is 14.7 Å². The fraction of sp³-hybridized carbons (Fsp3) is 0.417. The van der Waals surface area contributed by atoms with Crippen molar-refractivity contribution in [1.29, 1.82) is 0 Å². The zero-order valence-corrected chi connectivity index (χ0v) is 11.8. The normalized spacial score (nSPS) is 10.6. The second kappa shape index (κ2) is 6.16. The average Bonchev–Trinajstić information content (AvgIpc) is 3.04. The molecule has 9 heteroatoms. The largest absolute Gasteiger partial charge is 0.476 e. The van der Waals surface area contributed by atoms with Crippen molar-refractivity contribution in [3.05, 3.63) is 18.1 Å². The molecule has 9 nitrogen and oxygen atoms in total. The van der Waals surface area contributed by atoms with Crippen LogP contribution in [0.5, 0.6) is 0 Å². The topological polar surface area (TPSA) is 115 Å². The van der Waals surface area contributed by atoms with Crippen molar-refractivity contribution in [2.45, 2.75) is 26.9 Å². The van der Waals surface area contributed by atoms with E-state index in [1.165, 1.54) is 10.9 Å². The lowest BCUT2D eigenvalue weighted by molar-refractivity contribution is -0.121. The van der Waals surface area contributed by atoms with Gasteiger partial charge in [-0.3, -0.25) is 9.48 Å². The first-order valence-electron chi connectivity index (χ1n) is 6.53.